The number of aromatic nitrogens is 4. The molecular formula is C15H23N8OS+. The van der Waals surface area contributed by atoms with Gasteiger partial charge in [-0.3, -0.25) is 15.6 Å². The van der Waals surface area contributed by atoms with Crippen molar-refractivity contribution in [1.82, 2.24) is 36.4 Å². The fraction of sp³-hybridized carbons (Fsp3) is 0.400. The van der Waals surface area contributed by atoms with Crippen LogP contribution < -0.4 is 21.1 Å². The lowest BCUT2D eigenvalue weighted by molar-refractivity contribution is -0.858. The molecule has 0 saturated heterocycles. The van der Waals surface area contributed by atoms with Crippen molar-refractivity contribution in [1.29, 1.82) is 0 Å². The first-order valence-electron chi connectivity index (χ1n) is 7.99. The number of amides is 1. The maximum Gasteiger partial charge on any atom is 0.262 e. The van der Waals surface area contributed by atoms with Gasteiger partial charge in [-0.15, -0.1) is 10.2 Å². The Balaban J connectivity index is 1.70. The lowest BCUT2D eigenvalue weighted by Gasteiger charge is -2.12. The number of tetrazole rings is 1. The van der Waals surface area contributed by atoms with E-state index in [4.69, 9.17) is 12.2 Å². The second kappa shape index (κ2) is 9.64. The molecule has 1 aromatic heterocycles. The summed E-state index contributed by atoms with van der Waals surface area (Å²) in [6.07, 6.45) is 0.989. The molecule has 2 aromatic rings. The van der Waals surface area contributed by atoms with Crippen molar-refractivity contribution in [2.24, 2.45) is 0 Å². The predicted octanol–water partition coefficient (Wildman–Crippen LogP) is -1.63. The van der Waals surface area contributed by atoms with Gasteiger partial charge in [0.1, 0.15) is 6.54 Å². The number of quaternary nitrogens is 1. The molecule has 0 saturated carbocycles. The van der Waals surface area contributed by atoms with Gasteiger partial charge in [0.05, 0.1) is 20.6 Å². The molecule has 10 heteroatoms. The number of hydrogen-bond acceptors (Lipinski definition) is 5. The van der Waals surface area contributed by atoms with Crippen LogP contribution in [-0.4, -0.2) is 58.4 Å². The Morgan fingerprint density at radius 3 is 2.72 bits per heavy atom. The number of benzene rings is 1. The van der Waals surface area contributed by atoms with E-state index < -0.39 is 0 Å². The van der Waals surface area contributed by atoms with Gasteiger partial charge in [-0.2, -0.15) is 4.80 Å². The number of carbonyl (C=O) groups is 1. The number of thiocarbonyl (C=S) groups is 1. The van der Waals surface area contributed by atoms with Crippen molar-refractivity contribution in [2.75, 3.05) is 27.2 Å². The zero-order valence-electron chi connectivity index (χ0n) is 14.3. The summed E-state index contributed by atoms with van der Waals surface area (Å²) in [5, 5.41) is 15.4. The molecule has 0 radical (unpaired) electrons. The van der Waals surface area contributed by atoms with E-state index in [-0.39, 0.29) is 12.5 Å². The quantitative estimate of drug-likeness (QED) is 0.266. The average Bonchev–Trinajstić information content (AvgIpc) is 3.06. The van der Waals surface area contributed by atoms with Gasteiger partial charge in [-0.05, 0) is 17.4 Å². The summed E-state index contributed by atoms with van der Waals surface area (Å²) in [7, 11) is 4.19. The first-order chi connectivity index (χ1) is 12.0. The zero-order chi connectivity index (χ0) is 18.1. The second-order valence-corrected chi connectivity index (χ2v) is 6.16. The minimum atomic E-state index is -0.320. The van der Waals surface area contributed by atoms with Gasteiger partial charge in [0, 0.05) is 18.5 Å². The summed E-state index contributed by atoms with van der Waals surface area (Å²) in [5.74, 6) is 0.153. The van der Waals surface area contributed by atoms with Crippen LogP contribution in [0, 0.1) is 0 Å². The lowest BCUT2D eigenvalue weighted by atomic mass is 10.2. The number of hydrogen-bond donors (Lipinski definition) is 4. The maximum absolute atomic E-state index is 11.9. The largest absolute Gasteiger partial charge is 0.361 e. The van der Waals surface area contributed by atoms with E-state index in [9.17, 15) is 4.79 Å². The summed E-state index contributed by atoms with van der Waals surface area (Å²) < 4.78 is 0. The number of rotatable bonds is 7. The number of hydrazine groups is 1. The standard InChI is InChI=1S/C15H22N8OS/c1-22(2)10-6-9-16-15(25)19-17-13(24)11-23-20-14(18-21-23)12-7-4-3-5-8-12/h3-5,7-8H,6,9-11H2,1-2H3,(H,17,24)(H2,16,19,25)/p+1. The van der Waals surface area contributed by atoms with Gasteiger partial charge in [-0.1, -0.05) is 30.3 Å². The van der Waals surface area contributed by atoms with Crippen LogP contribution in [0.5, 0.6) is 0 Å². The molecule has 1 amide bonds. The van der Waals surface area contributed by atoms with Gasteiger partial charge < -0.3 is 10.2 Å². The summed E-state index contributed by atoms with van der Waals surface area (Å²) in [6.45, 7) is 1.74. The Morgan fingerprint density at radius 2 is 2.00 bits per heavy atom. The third-order valence-corrected chi connectivity index (χ3v) is 3.47. The first-order valence-corrected chi connectivity index (χ1v) is 8.40. The SMILES string of the molecule is C[NH+](C)CCCNC(=S)NNC(=O)Cn1nnc(-c2ccccc2)n1. The highest BCUT2D eigenvalue weighted by Gasteiger charge is 2.09. The number of carbonyl (C=O) groups excluding carboxylic acids is 1. The number of nitrogens with zero attached hydrogens (tertiary/aromatic N) is 4. The van der Waals surface area contributed by atoms with Crippen LogP contribution in [0.3, 0.4) is 0 Å². The summed E-state index contributed by atoms with van der Waals surface area (Å²) >= 11 is 5.09. The molecule has 9 nitrogen and oxygen atoms in total. The van der Waals surface area contributed by atoms with Crippen molar-refractivity contribution in [2.45, 2.75) is 13.0 Å². The van der Waals surface area contributed by atoms with Gasteiger partial charge in [0.25, 0.3) is 5.91 Å². The molecule has 134 valence electrons. The average molecular weight is 363 g/mol. The highest BCUT2D eigenvalue weighted by Crippen LogP contribution is 2.11. The zero-order valence-corrected chi connectivity index (χ0v) is 15.1. The predicted molar refractivity (Wildman–Crippen MR) is 97.4 cm³/mol. The third-order valence-electron chi connectivity index (χ3n) is 3.22. The molecule has 4 N–H and O–H groups in total. The minimum absolute atomic E-state index is 0.0561. The molecule has 0 aliphatic heterocycles. The van der Waals surface area contributed by atoms with Crippen LogP contribution in [0.25, 0.3) is 11.4 Å². The molecule has 0 aliphatic rings. The van der Waals surface area contributed by atoms with Crippen molar-refractivity contribution in [3.8, 4) is 11.4 Å². The Bertz CT molecular complexity index is 688. The Morgan fingerprint density at radius 1 is 1.24 bits per heavy atom. The molecule has 0 atom stereocenters. The van der Waals surface area contributed by atoms with E-state index in [1.165, 1.54) is 9.70 Å². The van der Waals surface area contributed by atoms with Gasteiger partial charge in [0.2, 0.25) is 5.82 Å². The van der Waals surface area contributed by atoms with Crippen LogP contribution in [0.4, 0.5) is 0 Å². The topological polar surface area (TPSA) is 101 Å². The van der Waals surface area contributed by atoms with Crippen molar-refractivity contribution in [3.63, 3.8) is 0 Å². The second-order valence-electron chi connectivity index (χ2n) is 5.75. The summed E-state index contributed by atoms with van der Waals surface area (Å²) in [4.78, 5) is 14.5. The maximum atomic E-state index is 11.9. The van der Waals surface area contributed by atoms with E-state index in [1.54, 1.807) is 0 Å². The van der Waals surface area contributed by atoms with Crippen molar-refractivity contribution < 1.29 is 9.69 Å². The van der Waals surface area contributed by atoms with E-state index in [1.807, 2.05) is 30.3 Å². The smallest absolute Gasteiger partial charge is 0.262 e. The van der Waals surface area contributed by atoms with E-state index in [0.29, 0.717) is 10.9 Å². The van der Waals surface area contributed by atoms with E-state index in [0.717, 1.165) is 25.1 Å². The van der Waals surface area contributed by atoms with Crippen LogP contribution in [0.15, 0.2) is 30.3 Å². The Hall–Kier alpha value is -2.59. The lowest BCUT2D eigenvalue weighted by Crippen LogP contribution is -3.05. The van der Waals surface area contributed by atoms with E-state index >= 15 is 0 Å². The molecule has 0 bridgehead atoms. The Labute approximate surface area is 151 Å². The number of nitrogens with one attached hydrogen (secondary N) is 4. The van der Waals surface area contributed by atoms with Gasteiger partial charge in [0.15, 0.2) is 5.11 Å². The summed E-state index contributed by atoms with van der Waals surface area (Å²) in [5.41, 5.74) is 6.00. The molecule has 2 rings (SSSR count). The highest BCUT2D eigenvalue weighted by atomic mass is 32.1. The highest BCUT2D eigenvalue weighted by molar-refractivity contribution is 7.80. The van der Waals surface area contributed by atoms with Crippen LogP contribution >= 0.6 is 12.2 Å². The van der Waals surface area contributed by atoms with E-state index in [2.05, 4.69) is 45.7 Å². The molecule has 0 spiro atoms. The fourth-order valence-corrected chi connectivity index (χ4v) is 2.15. The molecule has 25 heavy (non-hydrogen) atoms. The molecule has 0 unspecified atom stereocenters. The van der Waals surface area contributed by atoms with Crippen LogP contribution in [-0.2, 0) is 11.3 Å². The monoisotopic (exact) mass is 363 g/mol. The fourth-order valence-electron chi connectivity index (χ4n) is 2.00. The van der Waals surface area contributed by atoms with Gasteiger partial charge >= 0.3 is 0 Å². The van der Waals surface area contributed by atoms with Gasteiger partial charge in [-0.25, -0.2) is 0 Å². The van der Waals surface area contributed by atoms with Crippen molar-refractivity contribution in [3.05, 3.63) is 30.3 Å². The third kappa shape index (κ3) is 6.81. The van der Waals surface area contributed by atoms with Crippen molar-refractivity contribution >= 4 is 23.2 Å². The Kier molecular flexibility index (Phi) is 7.23. The normalized spacial score (nSPS) is 10.5. The summed E-state index contributed by atoms with van der Waals surface area (Å²) in [6, 6.07) is 9.45. The molecule has 1 aromatic carbocycles. The van der Waals surface area contributed by atoms with Crippen LogP contribution in [0.1, 0.15) is 6.42 Å². The van der Waals surface area contributed by atoms with Crippen LogP contribution in [0.2, 0.25) is 0 Å². The molecular weight excluding hydrogens is 340 g/mol. The first kappa shape index (κ1) is 18.7. The molecule has 1 heterocycles. The molecule has 0 fully saturated rings. The molecule has 0 aliphatic carbocycles. The minimum Gasteiger partial charge on any atom is -0.361 e.